The molecule has 0 fully saturated rings. The Kier molecular flexibility index (Phi) is 5.49. The number of para-hydroxylation sites is 1. The summed E-state index contributed by atoms with van der Waals surface area (Å²) < 4.78 is 11.0. The number of hydrogen-bond acceptors (Lipinski definition) is 4. The van der Waals surface area contributed by atoms with Crippen LogP contribution in [0.2, 0.25) is 5.02 Å². The average molecular weight is 355 g/mol. The van der Waals surface area contributed by atoms with Crippen LogP contribution in [0, 0.1) is 0 Å². The number of ether oxygens (including phenoxy) is 1. The number of halogens is 1. The van der Waals surface area contributed by atoms with Crippen molar-refractivity contribution in [2.24, 2.45) is 5.10 Å². The summed E-state index contributed by atoms with van der Waals surface area (Å²) in [6.07, 6.45) is 1.43. The summed E-state index contributed by atoms with van der Waals surface area (Å²) in [5, 5.41) is 4.52. The molecule has 1 amide bonds. The van der Waals surface area contributed by atoms with Gasteiger partial charge in [0.2, 0.25) is 0 Å². The third kappa shape index (κ3) is 4.96. The molecule has 2 aromatic carbocycles. The van der Waals surface area contributed by atoms with Gasteiger partial charge in [-0.3, -0.25) is 4.79 Å². The van der Waals surface area contributed by atoms with Gasteiger partial charge >= 0.3 is 0 Å². The molecular formula is C19H15ClN2O3. The lowest BCUT2D eigenvalue weighted by Gasteiger charge is -2.03. The second-order valence-corrected chi connectivity index (χ2v) is 5.54. The van der Waals surface area contributed by atoms with Gasteiger partial charge in [-0.15, -0.1) is 0 Å². The zero-order chi connectivity index (χ0) is 17.5. The molecule has 0 atom stereocenters. The van der Waals surface area contributed by atoms with E-state index in [2.05, 4.69) is 10.5 Å². The van der Waals surface area contributed by atoms with Gasteiger partial charge < -0.3 is 9.15 Å². The molecule has 0 aliphatic heterocycles. The molecule has 0 radical (unpaired) electrons. The number of nitrogens with zero attached hydrogens (tertiary/aromatic N) is 1. The lowest BCUT2D eigenvalue weighted by atomic mass is 10.2. The molecule has 1 N–H and O–H groups in total. The highest BCUT2D eigenvalue weighted by Crippen LogP contribution is 2.23. The number of rotatable bonds is 6. The molecule has 25 heavy (non-hydrogen) atoms. The van der Waals surface area contributed by atoms with Crippen molar-refractivity contribution in [2.45, 2.75) is 0 Å². The number of furan rings is 1. The van der Waals surface area contributed by atoms with Crippen LogP contribution in [0.15, 0.2) is 76.2 Å². The number of hydrazone groups is 1. The van der Waals surface area contributed by atoms with Crippen molar-refractivity contribution < 1.29 is 13.9 Å². The van der Waals surface area contributed by atoms with Crippen molar-refractivity contribution in [1.82, 2.24) is 5.43 Å². The van der Waals surface area contributed by atoms with Crippen LogP contribution in [0.3, 0.4) is 0 Å². The minimum absolute atomic E-state index is 0.116. The zero-order valence-electron chi connectivity index (χ0n) is 13.2. The Bertz CT molecular complexity index is 858. The Morgan fingerprint density at radius 2 is 1.84 bits per heavy atom. The standard InChI is InChI=1S/C19H15ClN2O3/c20-15-8-6-14(7-9-15)18-11-10-17(25-18)12-21-22-19(23)13-24-16-4-2-1-3-5-16/h1-12H,13H2,(H,22,23)/b21-12+. The van der Waals surface area contributed by atoms with Crippen molar-refractivity contribution in [2.75, 3.05) is 6.61 Å². The van der Waals surface area contributed by atoms with Gasteiger partial charge in [0.25, 0.3) is 5.91 Å². The summed E-state index contributed by atoms with van der Waals surface area (Å²) in [5.41, 5.74) is 3.29. The summed E-state index contributed by atoms with van der Waals surface area (Å²) in [4.78, 5) is 11.7. The highest BCUT2D eigenvalue weighted by Gasteiger charge is 2.04. The Hall–Kier alpha value is -3.05. The minimum Gasteiger partial charge on any atom is -0.484 e. The summed E-state index contributed by atoms with van der Waals surface area (Å²) in [5.74, 6) is 1.48. The monoisotopic (exact) mass is 354 g/mol. The Balaban J connectivity index is 1.50. The number of amides is 1. The first-order valence-electron chi connectivity index (χ1n) is 7.56. The first-order valence-corrected chi connectivity index (χ1v) is 7.94. The first kappa shape index (κ1) is 16.8. The van der Waals surface area contributed by atoms with Crippen molar-refractivity contribution >= 4 is 23.7 Å². The van der Waals surface area contributed by atoms with E-state index in [1.165, 1.54) is 6.21 Å². The molecule has 0 bridgehead atoms. The van der Waals surface area contributed by atoms with E-state index in [-0.39, 0.29) is 12.5 Å². The molecule has 0 unspecified atom stereocenters. The molecule has 3 rings (SSSR count). The number of carbonyl (C=O) groups is 1. The molecular weight excluding hydrogens is 340 g/mol. The van der Waals surface area contributed by atoms with Crippen LogP contribution in [-0.2, 0) is 4.79 Å². The van der Waals surface area contributed by atoms with E-state index in [9.17, 15) is 4.79 Å². The smallest absolute Gasteiger partial charge is 0.277 e. The number of nitrogens with one attached hydrogen (secondary N) is 1. The SMILES string of the molecule is O=C(COc1ccccc1)N/N=C/c1ccc(-c2ccc(Cl)cc2)o1. The Labute approximate surface area is 149 Å². The fourth-order valence-electron chi connectivity index (χ4n) is 2.06. The molecule has 0 spiro atoms. The van der Waals surface area contributed by atoms with Gasteiger partial charge in [-0.1, -0.05) is 29.8 Å². The van der Waals surface area contributed by atoms with Crippen LogP contribution in [0.1, 0.15) is 5.76 Å². The molecule has 0 saturated heterocycles. The molecule has 1 aromatic heterocycles. The van der Waals surface area contributed by atoms with Gasteiger partial charge in [0.05, 0.1) is 6.21 Å². The van der Waals surface area contributed by atoms with Crippen molar-refractivity contribution in [3.8, 4) is 17.1 Å². The van der Waals surface area contributed by atoms with Crippen molar-refractivity contribution in [1.29, 1.82) is 0 Å². The quantitative estimate of drug-likeness (QED) is 0.534. The summed E-state index contributed by atoms with van der Waals surface area (Å²) in [7, 11) is 0. The highest BCUT2D eigenvalue weighted by atomic mass is 35.5. The van der Waals surface area contributed by atoms with Gasteiger partial charge in [-0.05, 0) is 48.5 Å². The normalized spacial score (nSPS) is 10.8. The van der Waals surface area contributed by atoms with Crippen LogP contribution in [0.4, 0.5) is 0 Å². The zero-order valence-corrected chi connectivity index (χ0v) is 13.9. The second-order valence-electron chi connectivity index (χ2n) is 5.10. The van der Waals surface area contributed by atoms with Crippen LogP contribution in [0.5, 0.6) is 5.75 Å². The van der Waals surface area contributed by atoms with Gasteiger partial charge in [0.15, 0.2) is 6.61 Å². The first-order chi connectivity index (χ1) is 12.2. The maximum atomic E-state index is 11.7. The number of benzene rings is 2. The molecule has 126 valence electrons. The summed E-state index contributed by atoms with van der Waals surface area (Å²) in [6, 6.07) is 20.0. The van der Waals surface area contributed by atoms with E-state index in [4.69, 9.17) is 20.8 Å². The third-order valence-corrected chi connectivity index (χ3v) is 3.50. The van der Waals surface area contributed by atoms with Crippen LogP contribution in [-0.4, -0.2) is 18.7 Å². The van der Waals surface area contributed by atoms with E-state index < -0.39 is 0 Å². The summed E-state index contributed by atoms with van der Waals surface area (Å²) in [6.45, 7) is -0.116. The van der Waals surface area contributed by atoms with E-state index in [0.717, 1.165) is 5.56 Å². The highest BCUT2D eigenvalue weighted by molar-refractivity contribution is 6.30. The molecule has 0 aliphatic rings. The molecule has 6 heteroatoms. The molecule has 0 aliphatic carbocycles. The number of hydrogen-bond donors (Lipinski definition) is 1. The van der Waals surface area contributed by atoms with E-state index >= 15 is 0 Å². The Morgan fingerprint density at radius 3 is 2.60 bits per heavy atom. The lowest BCUT2D eigenvalue weighted by Crippen LogP contribution is -2.24. The molecule has 5 nitrogen and oxygen atoms in total. The van der Waals surface area contributed by atoms with E-state index in [0.29, 0.717) is 22.3 Å². The topological polar surface area (TPSA) is 63.8 Å². The third-order valence-electron chi connectivity index (χ3n) is 3.25. The fraction of sp³-hybridized carbons (Fsp3) is 0.0526. The predicted octanol–water partition coefficient (Wildman–Crippen LogP) is 4.13. The van der Waals surface area contributed by atoms with Gasteiger partial charge in [-0.2, -0.15) is 5.10 Å². The Morgan fingerprint density at radius 1 is 1.08 bits per heavy atom. The van der Waals surface area contributed by atoms with Gasteiger partial charge in [-0.25, -0.2) is 5.43 Å². The average Bonchev–Trinajstić information content (AvgIpc) is 3.10. The largest absolute Gasteiger partial charge is 0.484 e. The lowest BCUT2D eigenvalue weighted by molar-refractivity contribution is -0.123. The fourth-order valence-corrected chi connectivity index (χ4v) is 2.18. The number of carbonyl (C=O) groups excluding carboxylic acids is 1. The van der Waals surface area contributed by atoms with Crippen LogP contribution >= 0.6 is 11.6 Å². The van der Waals surface area contributed by atoms with Crippen molar-refractivity contribution in [3.63, 3.8) is 0 Å². The minimum atomic E-state index is -0.357. The maximum absolute atomic E-state index is 11.7. The molecule has 1 heterocycles. The van der Waals surface area contributed by atoms with E-state index in [1.807, 2.05) is 36.4 Å². The van der Waals surface area contributed by atoms with Crippen molar-refractivity contribution in [3.05, 3.63) is 77.5 Å². The maximum Gasteiger partial charge on any atom is 0.277 e. The molecule has 3 aromatic rings. The second kappa shape index (κ2) is 8.17. The summed E-state index contributed by atoms with van der Waals surface area (Å²) >= 11 is 5.87. The molecule has 0 saturated carbocycles. The van der Waals surface area contributed by atoms with Gasteiger partial charge in [0, 0.05) is 10.6 Å². The van der Waals surface area contributed by atoms with Gasteiger partial charge in [0.1, 0.15) is 17.3 Å². The van der Waals surface area contributed by atoms with Crippen LogP contribution in [0.25, 0.3) is 11.3 Å². The predicted molar refractivity (Wildman–Crippen MR) is 96.8 cm³/mol. The van der Waals surface area contributed by atoms with Crippen LogP contribution < -0.4 is 10.2 Å². The van der Waals surface area contributed by atoms with E-state index in [1.54, 1.807) is 30.3 Å².